The third-order valence-corrected chi connectivity index (χ3v) is 5.80. The first kappa shape index (κ1) is 20.9. The van der Waals surface area contributed by atoms with Gasteiger partial charge >= 0.3 is 0 Å². The first-order valence-corrected chi connectivity index (χ1v) is 10.5. The molecular formula is C22H25N3O3S. The predicted molar refractivity (Wildman–Crippen MR) is 117 cm³/mol. The van der Waals surface area contributed by atoms with E-state index in [1.165, 1.54) is 11.8 Å². The molecule has 0 saturated carbocycles. The number of thioether (sulfide) groups is 1. The van der Waals surface area contributed by atoms with Crippen LogP contribution in [0.3, 0.4) is 0 Å². The van der Waals surface area contributed by atoms with Crippen molar-refractivity contribution in [3.63, 3.8) is 0 Å². The van der Waals surface area contributed by atoms with E-state index in [0.717, 1.165) is 0 Å². The largest absolute Gasteiger partial charge is 0.497 e. The van der Waals surface area contributed by atoms with Crippen LogP contribution >= 0.6 is 11.8 Å². The Balaban J connectivity index is 2.14. The lowest BCUT2D eigenvalue weighted by Crippen LogP contribution is -2.36. The molecular weight excluding hydrogens is 386 g/mol. The normalized spacial score (nSPS) is 12.0. The lowest BCUT2D eigenvalue weighted by Gasteiger charge is -2.23. The molecule has 2 aromatic carbocycles. The van der Waals surface area contributed by atoms with E-state index in [1.807, 2.05) is 57.2 Å². The average Bonchev–Trinajstić information content (AvgIpc) is 2.74. The molecule has 0 radical (unpaired) electrons. The van der Waals surface area contributed by atoms with Gasteiger partial charge in [-0.25, -0.2) is 4.98 Å². The molecule has 0 N–H and O–H groups in total. The van der Waals surface area contributed by atoms with Crippen LogP contribution in [0.1, 0.15) is 20.8 Å². The Morgan fingerprint density at radius 3 is 2.59 bits per heavy atom. The van der Waals surface area contributed by atoms with Gasteiger partial charge in [-0.3, -0.25) is 14.2 Å². The molecule has 1 amide bonds. The highest BCUT2D eigenvalue weighted by molar-refractivity contribution is 8.00. The number of aromatic nitrogens is 2. The van der Waals surface area contributed by atoms with E-state index in [1.54, 1.807) is 28.7 Å². The van der Waals surface area contributed by atoms with Crippen LogP contribution in [0.15, 0.2) is 58.5 Å². The fraction of sp³-hybridized carbons (Fsp3) is 0.318. The van der Waals surface area contributed by atoms with E-state index in [4.69, 9.17) is 9.72 Å². The number of amides is 1. The van der Waals surface area contributed by atoms with Gasteiger partial charge in [0.25, 0.3) is 5.56 Å². The molecule has 0 bridgehead atoms. The molecule has 3 rings (SSSR count). The number of para-hydroxylation sites is 1. The second-order valence-corrected chi connectivity index (χ2v) is 7.83. The number of nitrogens with zero attached hydrogens (tertiary/aromatic N) is 3. The number of hydrogen-bond donors (Lipinski definition) is 0. The van der Waals surface area contributed by atoms with Gasteiger partial charge in [0.2, 0.25) is 5.91 Å². The van der Waals surface area contributed by atoms with Crippen LogP contribution < -0.4 is 10.3 Å². The summed E-state index contributed by atoms with van der Waals surface area (Å²) in [4.78, 5) is 32.6. The van der Waals surface area contributed by atoms with Gasteiger partial charge in [0.1, 0.15) is 5.75 Å². The lowest BCUT2D eigenvalue weighted by atomic mass is 10.2. The molecule has 0 spiro atoms. The van der Waals surface area contributed by atoms with Crippen LogP contribution in [-0.4, -0.2) is 45.8 Å². The zero-order valence-electron chi connectivity index (χ0n) is 17.1. The fourth-order valence-electron chi connectivity index (χ4n) is 3.17. The maximum absolute atomic E-state index is 13.3. The highest BCUT2D eigenvalue weighted by Gasteiger charge is 2.23. The number of methoxy groups -OCH3 is 1. The Morgan fingerprint density at radius 2 is 1.90 bits per heavy atom. The molecule has 3 aromatic rings. The summed E-state index contributed by atoms with van der Waals surface area (Å²) in [6, 6.07) is 14.5. The maximum atomic E-state index is 13.3. The Kier molecular flexibility index (Phi) is 6.59. The number of carbonyl (C=O) groups excluding carboxylic acids is 1. The summed E-state index contributed by atoms with van der Waals surface area (Å²) in [5, 5.41) is 0.636. The number of fused-ring (bicyclic) bond motifs is 1. The molecule has 0 aliphatic carbocycles. The van der Waals surface area contributed by atoms with Gasteiger partial charge in [0, 0.05) is 19.2 Å². The fourth-order valence-corrected chi connectivity index (χ4v) is 4.18. The van der Waals surface area contributed by atoms with Crippen molar-refractivity contribution in [2.24, 2.45) is 0 Å². The molecule has 0 aliphatic heterocycles. The van der Waals surface area contributed by atoms with Gasteiger partial charge < -0.3 is 9.64 Å². The van der Waals surface area contributed by atoms with Gasteiger partial charge in [-0.05, 0) is 45.0 Å². The Hall–Kier alpha value is -2.80. The summed E-state index contributed by atoms with van der Waals surface area (Å²) < 4.78 is 6.88. The van der Waals surface area contributed by atoms with E-state index in [0.29, 0.717) is 40.6 Å². The minimum atomic E-state index is -0.375. The molecule has 1 heterocycles. The first-order valence-electron chi connectivity index (χ1n) is 9.61. The second-order valence-electron chi connectivity index (χ2n) is 6.52. The van der Waals surface area contributed by atoms with E-state index < -0.39 is 0 Å². The highest BCUT2D eigenvalue weighted by atomic mass is 32.2. The average molecular weight is 412 g/mol. The maximum Gasteiger partial charge on any atom is 0.266 e. The third-order valence-electron chi connectivity index (χ3n) is 4.76. The summed E-state index contributed by atoms with van der Waals surface area (Å²) in [5.41, 5.74) is 1.09. The summed E-state index contributed by atoms with van der Waals surface area (Å²) in [6.45, 7) is 7.06. The van der Waals surface area contributed by atoms with Gasteiger partial charge in [-0.1, -0.05) is 30.0 Å². The number of ether oxygens (including phenoxy) is 1. The Labute approximate surface area is 174 Å². The number of carbonyl (C=O) groups is 1. The molecule has 29 heavy (non-hydrogen) atoms. The molecule has 7 heteroatoms. The van der Waals surface area contributed by atoms with Gasteiger partial charge in [-0.15, -0.1) is 0 Å². The molecule has 0 fully saturated rings. The quantitative estimate of drug-likeness (QED) is 0.438. The van der Waals surface area contributed by atoms with Crippen molar-refractivity contribution in [2.75, 3.05) is 20.2 Å². The second kappa shape index (κ2) is 9.13. The minimum Gasteiger partial charge on any atom is -0.497 e. The first-order chi connectivity index (χ1) is 14.0. The molecule has 1 aromatic heterocycles. The summed E-state index contributed by atoms with van der Waals surface area (Å²) in [6.07, 6.45) is 0. The van der Waals surface area contributed by atoms with Crippen LogP contribution in [-0.2, 0) is 4.79 Å². The van der Waals surface area contributed by atoms with E-state index in [2.05, 4.69) is 0 Å². The van der Waals surface area contributed by atoms with Crippen LogP contribution in [0.4, 0.5) is 0 Å². The van der Waals surface area contributed by atoms with Crippen molar-refractivity contribution in [2.45, 2.75) is 31.2 Å². The molecule has 0 saturated heterocycles. The lowest BCUT2D eigenvalue weighted by molar-refractivity contribution is -0.129. The molecule has 1 atom stereocenters. The number of rotatable bonds is 7. The zero-order chi connectivity index (χ0) is 21.0. The molecule has 152 valence electrons. The standard InChI is InChI=1S/C22H25N3O3S/c1-5-24(6-2)20(26)15(3)29-22-23-19-13-8-7-12-18(19)21(27)25(22)16-10-9-11-17(14-16)28-4/h7-15H,5-6H2,1-4H3. The van der Waals surface area contributed by atoms with Crippen molar-refractivity contribution >= 4 is 28.6 Å². The van der Waals surface area contributed by atoms with Crippen LogP contribution in [0.5, 0.6) is 5.75 Å². The Bertz CT molecular complexity index is 1080. The van der Waals surface area contributed by atoms with Crippen LogP contribution in [0, 0.1) is 0 Å². The smallest absolute Gasteiger partial charge is 0.266 e. The predicted octanol–water partition coefficient (Wildman–Crippen LogP) is 3.74. The van der Waals surface area contributed by atoms with Crippen molar-refractivity contribution in [3.8, 4) is 11.4 Å². The summed E-state index contributed by atoms with van der Waals surface area (Å²) >= 11 is 1.29. The minimum absolute atomic E-state index is 0.0274. The van der Waals surface area contributed by atoms with Gasteiger partial charge in [-0.2, -0.15) is 0 Å². The van der Waals surface area contributed by atoms with Crippen LogP contribution in [0.2, 0.25) is 0 Å². The molecule has 6 nitrogen and oxygen atoms in total. The van der Waals surface area contributed by atoms with E-state index in [9.17, 15) is 9.59 Å². The van der Waals surface area contributed by atoms with E-state index >= 15 is 0 Å². The van der Waals surface area contributed by atoms with Crippen LogP contribution in [0.25, 0.3) is 16.6 Å². The summed E-state index contributed by atoms with van der Waals surface area (Å²) in [5.74, 6) is 0.672. The van der Waals surface area contributed by atoms with Gasteiger partial charge in [0.15, 0.2) is 5.16 Å². The Morgan fingerprint density at radius 1 is 1.17 bits per heavy atom. The van der Waals surface area contributed by atoms with E-state index in [-0.39, 0.29) is 16.7 Å². The molecule has 0 aliphatic rings. The monoisotopic (exact) mass is 411 g/mol. The zero-order valence-corrected chi connectivity index (χ0v) is 17.9. The SMILES string of the molecule is CCN(CC)C(=O)C(C)Sc1nc2ccccc2c(=O)n1-c1cccc(OC)c1. The molecule has 1 unspecified atom stereocenters. The summed E-state index contributed by atoms with van der Waals surface area (Å²) in [7, 11) is 1.58. The van der Waals surface area contributed by atoms with Crippen molar-refractivity contribution < 1.29 is 9.53 Å². The topological polar surface area (TPSA) is 64.4 Å². The van der Waals surface area contributed by atoms with Crippen molar-refractivity contribution in [3.05, 3.63) is 58.9 Å². The van der Waals surface area contributed by atoms with Crippen molar-refractivity contribution in [1.82, 2.24) is 14.5 Å². The van der Waals surface area contributed by atoms with Crippen molar-refractivity contribution in [1.29, 1.82) is 0 Å². The third kappa shape index (κ3) is 4.29. The number of hydrogen-bond acceptors (Lipinski definition) is 5. The highest BCUT2D eigenvalue weighted by Crippen LogP contribution is 2.27. The van der Waals surface area contributed by atoms with Gasteiger partial charge in [0.05, 0.1) is 29.0 Å². The number of benzene rings is 2.